The number of aromatic nitrogens is 4. The summed E-state index contributed by atoms with van der Waals surface area (Å²) in [5.74, 6) is 2.03. The fraction of sp³-hybridized carbons (Fsp3) is 0.438. The van der Waals surface area contributed by atoms with Crippen molar-refractivity contribution in [2.24, 2.45) is 7.05 Å². The van der Waals surface area contributed by atoms with Crippen molar-refractivity contribution in [1.82, 2.24) is 19.5 Å². The number of nitrogens with zero attached hydrogens (tertiary/aromatic N) is 4. The number of alkyl halides is 3. The fourth-order valence-electron chi connectivity index (χ4n) is 2.65. The Bertz CT molecular complexity index is 941. The van der Waals surface area contributed by atoms with E-state index in [1.807, 2.05) is 0 Å². The predicted octanol–water partition coefficient (Wildman–Crippen LogP) is 5.10. The summed E-state index contributed by atoms with van der Waals surface area (Å²) in [6, 6.07) is 1.000. The number of rotatable bonds is 4. The largest absolute Gasteiger partial charge is 0.433 e. The molecule has 1 fully saturated rings. The van der Waals surface area contributed by atoms with Gasteiger partial charge in [-0.25, -0.2) is 15.0 Å². The first-order chi connectivity index (χ1) is 11.9. The molecule has 0 spiro atoms. The van der Waals surface area contributed by atoms with Gasteiger partial charge in [0.1, 0.15) is 11.4 Å². The molecule has 0 atom stereocenters. The van der Waals surface area contributed by atoms with Crippen LogP contribution in [0.15, 0.2) is 16.5 Å². The molecule has 0 saturated heterocycles. The van der Waals surface area contributed by atoms with E-state index in [0.717, 1.165) is 39.6 Å². The molecule has 0 N–H and O–H groups in total. The van der Waals surface area contributed by atoms with Gasteiger partial charge in [-0.05, 0) is 24.7 Å². The summed E-state index contributed by atoms with van der Waals surface area (Å²) in [7, 11) is 1.79. The van der Waals surface area contributed by atoms with Gasteiger partial charge in [0.25, 0.3) is 0 Å². The molecule has 0 aromatic carbocycles. The molecule has 4 rings (SSSR count). The van der Waals surface area contributed by atoms with Crippen LogP contribution in [0.5, 0.6) is 0 Å². The maximum atomic E-state index is 12.9. The highest BCUT2D eigenvalue weighted by molar-refractivity contribution is 8.01. The number of fused-ring (bicyclic) bond motifs is 1. The van der Waals surface area contributed by atoms with Crippen molar-refractivity contribution in [1.29, 1.82) is 0 Å². The molecular weight excluding hydrogens is 369 g/mol. The van der Waals surface area contributed by atoms with Gasteiger partial charge in [0.05, 0.1) is 26.4 Å². The minimum Gasteiger partial charge on any atom is -0.324 e. The van der Waals surface area contributed by atoms with Crippen LogP contribution in [0.4, 0.5) is 13.2 Å². The van der Waals surface area contributed by atoms with Gasteiger partial charge in [-0.15, -0.1) is 23.1 Å². The maximum Gasteiger partial charge on any atom is 0.433 e. The number of thiazole rings is 1. The molecular formula is C16H15F3N4S2. The van der Waals surface area contributed by atoms with Crippen molar-refractivity contribution in [3.63, 3.8) is 0 Å². The highest BCUT2D eigenvalue weighted by atomic mass is 32.2. The lowest BCUT2D eigenvalue weighted by Crippen LogP contribution is -2.07. The van der Waals surface area contributed by atoms with Crippen molar-refractivity contribution < 1.29 is 13.2 Å². The van der Waals surface area contributed by atoms with Crippen LogP contribution in [0.25, 0.3) is 22.6 Å². The second-order valence-electron chi connectivity index (χ2n) is 5.95. The Hall–Kier alpha value is -1.61. The molecule has 4 nitrogen and oxygen atoms in total. The second kappa shape index (κ2) is 5.98. The van der Waals surface area contributed by atoms with Crippen LogP contribution in [0.3, 0.4) is 0 Å². The van der Waals surface area contributed by atoms with E-state index in [-0.39, 0.29) is 5.52 Å². The SMILES string of the molecule is CCSc1sc(C2CC2)nc1-c1nc2cc(C(F)(F)F)ncc2n1C. The number of pyridine rings is 1. The fourth-order valence-corrected chi connectivity index (χ4v) is 5.00. The van der Waals surface area contributed by atoms with E-state index in [9.17, 15) is 13.2 Å². The molecule has 0 bridgehead atoms. The first-order valence-corrected chi connectivity index (χ1v) is 9.72. The Labute approximate surface area is 150 Å². The van der Waals surface area contributed by atoms with Gasteiger partial charge in [-0.1, -0.05) is 6.92 Å². The summed E-state index contributed by atoms with van der Waals surface area (Å²) in [6.45, 7) is 2.07. The first kappa shape index (κ1) is 16.8. The predicted molar refractivity (Wildman–Crippen MR) is 93.0 cm³/mol. The van der Waals surface area contributed by atoms with Crippen LogP contribution >= 0.6 is 23.1 Å². The van der Waals surface area contributed by atoms with Gasteiger partial charge < -0.3 is 4.57 Å². The van der Waals surface area contributed by atoms with Crippen LogP contribution in [0, 0.1) is 0 Å². The number of halogens is 3. The van der Waals surface area contributed by atoms with Gasteiger partial charge in [0.2, 0.25) is 0 Å². The lowest BCUT2D eigenvalue weighted by Gasteiger charge is -2.04. The van der Waals surface area contributed by atoms with E-state index < -0.39 is 11.9 Å². The molecule has 1 aliphatic carbocycles. The van der Waals surface area contributed by atoms with E-state index in [2.05, 4.69) is 16.9 Å². The monoisotopic (exact) mass is 384 g/mol. The van der Waals surface area contributed by atoms with Crippen molar-refractivity contribution in [3.8, 4) is 11.5 Å². The van der Waals surface area contributed by atoms with E-state index in [1.54, 1.807) is 34.7 Å². The van der Waals surface area contributed by atoms with Crippen molar-refractivity contribution in [3.05, 3.63) is 23.0 Å². The third-order valence-corrected chi connectivity index (χ3v) is 6.44. The standard InChI is InChI=1S/C16H15F3N4S2/c1-3-24-15-12(22-14(25-15)8-4-5-8)13-21-9-6-11(16(17,18)19)20-7-10(9)23(13)2/h6-8H,3-5H2,1-2H3. The summed E-state index contributed by atoms with van der Waals surface area (Å²) in [6.07, 6.45) is -0.931. The molecule has 0 unspecified atom stereocenters. The Morgan fingerprint density at radius 2 is 2.08 bits per heavy atom. The maximum absolute atomic E-state index is 12.9. The van der Waals surface area contributed by atoms with E-state index >= 15 is 0 Å². The van der Waals surface area contributed by atoms with Crippen molar-refractivity contribution in [2.75, 3.05) is 5.75 Å². The number of hydrogen-bond acceptors (Lipinski definition) is 5. The van der Waals surface area contributed by atoms with Crippen LogP contribution in [0.1, 0.15) is 36.4 Å². The molecule has 3 aromatic rings. The molecule has 0 amide bonds. The molecule has 3 heterocycles. The second-order valence-corrected chi connectivity index (χ2v) is 8.51. The summed E-state index contributed by atoms with van der Waals surface area (Å²) in [5, 5.41) is 1.10. The zero-order chi connectivity index (χ0) is 17.8. The topological polar surface area (TPSA) is 43.6 Å². The van der Waals surface area contributed by atoms with Gasteiger partial charge in [0.15, 0.2) is 5.82 Å². The lowest BCUT2D eigenvalue weighted by atomic mass is 10.3. The average molecular weight is 384 g/mol. The van der Waals surface area contributed by atoms with E-state index in [1.165, 1.54) is 6.20 Å². The first-order valence-electron chi connectivity index (χ1n) is 7.92. The number of aryl methyl sites for hydroxylation is 1. The summed E-state index contributed by atoms with van der Waals surface area (Å²) in [4.78, 5) is 12.7. The molecule has 132 valence electrons. The van der Waals surface area contributed by atoms with E-state index in [4.69, 9.17) is 4.98 Å². The number of thioether (sulfide) groups is 1. The normalized spacial score (nSPS) is 15.2. The smallest absolute Gasteiger partial charge is 0.324 e. The molecule has 0 radical (unpaired) electrons. The van der Waals surface area contributed by atoms with Crippen LogP contribution < -0.4 is 0 Å². The van der Waals surface area contributed by atoms with Gasteiger partial charge in [0, 0.05) is 13.0 Å². The number of imidazole rings is 1. The Kier molecular flexibility index (Phi) is 4.03. The zero-order valence-electron chi connectivity index (χ0n) is 13.6. The molecule has 1 aliphatic rings. The van der Waals surface area contributed by atoms with Gasteiger partial charge >= 0.3 is 6.18 Å². The Balaban J connectivity index is 1.85. The third-order valence-electron chi connectivity index (χ3n) is 4.08. The molecule has 3 aromatic heterocycles. The van der Waals surface area contributed by atoms with E-state index in [0.29, 0.717) is 17.3 Å². The van der Waals surface area contributed by atoms with Gasteiger partial charge in [-0.3, -0.25) is 0 Å². The summed E-state index contributed by atoms with van der Waals surface area (Å²) in [5.41, 5.74) is 0.695. The lowest BCUT2D eigenvalue weighted by molar-refractivity contribution is -0.141. The summed E-state index contributed by atoms with van der Waals surface area (Å²) < 4.78 is 41.5. The third kappa shape index (κ3) is 3.03. The Morgan fingerprint density at radius 1 is 1.32 bits per heavy atom. The van der Waals surface area contributed by atoms with Gasteiger partial charge in [-0.2, -0.15) is 13.2 Å². The zero-order valence-corrected chi connectivity index (χ0v) is 15.2. The summed E-state index contributed by atoms with van der Waals surface area (Å²) >= 11 is 3.37. The minimum absolute atomic E-state index is 0.285. The van der Waals surface area contributed by atoms with Crippen LogP contribution in [0.2, 0.25) is 0 Å². The van der Waals surface area contributed by atoms with Crippen LogP contribution in [-0.4, -0.2) is 25.3 Å². The highest BCUT2D eigenvalue weighted by Crippen LogP contribution is 2.46. The quantitative estimate of drug-likeness (QED) is 0.587. The number of hydrogen-bond donors (Lipinski definition) is 0. The minimum atomic E-state index is -4.48. The highest BCUT2D eigenvalue weighted by Gasteiger charge is 2.33. The molecule has 0 aliphatic heterocycles. The van der Waals surface area contributed by atoms with Crippen LogP contribution in [-0.2, 0) is 13.2 Å². The molecule has 25 heavy (non-hydrogen) atoms. The van der Waals surface area contributed by atoms with Crippen molar-refractivity contribution in [2.45, 2.75) is 36.1 Å². The average Bonchev–Trinajstić information content (AvgIpc) is 3.25. The molecule has 1 saturated carbocycles. The Morgan fingerprint density at radius 3 is 2.72 bits per heavy atom. The molecule has 9 heteroatoms. The van der Waals surface area contributed by atoms with Crippen molar-refractivity contribution >= 4 is 34.1 Å².